The highest BCUT2D eigenvalue weighted by Gasteiger charge is 2.17. The van der Waals surface area contributed by atoms with E-state index in [1.807, 2.05) is 44.2 Å². The lowest BCUT2D eigenvalue weighted by atomic mass is 10.0. The molecule has 1 nitrogen and oxygen atoms in total. The Labute approximate surface area is 93.7 Å². The molecule has 1 atom stereocenters. The minimum absolute atomic E-state index is 0.0510. The molecule has 0 fully saturated rings. The first-order valence-corrected chi connectivity index (χ1v) is 5.74. The predicted molar refractivity (Wildman–Crippen MR) is 62.7 cm³/mol. The van der Waals surface area contributed by atoms with Crippen LogP contribution in [0.2, 0.25) is 0 Å². The van der Waals surface area contributed by atoms with Crippen LogP contribution < -0.4 is 0 Å². The standard InChI is InChI=1S/C12H15BrO/c1-9(2)12(14)11(13)8-10-6-4-3-5-7-10/h3-7,9,11H,8H2,1-2H3/t11-/m1/s1. The van der Waals surface area contributed by atoms with Gasteiger partial charge in [-0.1, -0.05) is 60.1 Å². The van der Waals surface area contributed by atoms with Crippen LogP contribution in [-0.4, -0.2) is 10.6 Å². The third kappa shape index (κ3) is 3.26. The minimum atomic E-state index is -0.0510. The molecule has 0 aliphatic rings. The molecule has 0 saturated carbocycles. The molecular weight excluding hydrogens is 240 g/mol. The van der Waals surface area contributed by atoms with Crippen molar-refractivity contribution in [2.75, 3.05) is 0 Å². The topological polar surface area (TPSA) is 17.1 Å². The van der Waals surface area contributed by atoms with Crippen LogP contribution in [0.5, 0.6) is 0 Å². The highest BCUT2D eigenvalue weighted by molar-refractivity contribution is 9.10. The molecule has 0 saturated heterocycles. The van der Waals surface area contributed by atoms with Gasteiger partial charge in [-0.2, -0.15) is 0 Å². The number of benzene rings is 1. The number of halogens is 1. The summed E-state index contributed by atoms with van der Waals surface area (Å²) in [6.07, 6.45) is 0.776. The second-order valence-corrected chi connectivity index (χ2v) is 4.82. The second kappa shape index (κ2) is 5.30. The van der Waals surface area contributed by atoms with Crippen molar-refractivity contribution in [1.29, 1.82) is 0 Å². The van der Waals surface area contributed by atoms with Crippen LogP contribution in [0.1, 0.15) is 19.4 Å². The van der Waals surface area contributed by atoms with Crippen molar-refractivity contribution < 1.29 is 4.79 Å². The van der Waals surface area contributed by atoms with E-state index in [0.717, 1.165) is 6.42 Å². The maximum atomic E-state index is 11.6. The van der Waals surface area contributed by atoms with Gasteiger partial charge in [-0.15, -0.1) is 0 Å². The summed E-state index contributed by atoms with van der Waals surface area (Å²) >= 11 is 3.43. The van der Waals surface area contributed by atoms with E-state index in [-0.39, 0.29) is 16.5 Å². The van der Waals surface area contributed by atoms with Gasteiger partial charge in [0.05, 0.1) is 4.83 Å². The number of ketones is 1. The molecule has 0 aromatic heterocycles. The van der Waals surface area contributed by atoms with Crippen molar-refractivity contribution in [3.05, 3.63) is 35.9 Å². The average Bonchev–Trinajstić information content (AvgIpc) is 2.18. The van der Waals surface area contributed by atoms with Gasteiger partial charge in [0.25, 0.3) is 0 Å². The summed E-state index contributed by atoms with van der Waals surface area (Å²) in [5.74, 6) is 0.372. The largest absolute Gasteiger partial charge is 0.298 e. The predicted octanol–water partition coefficient (Wildman–Crippen LogP) is 3.22. The molecule has 0 spiro atoms. The van der Waals surface area contributed by atoms with Gasteiger partial charge in [-0.25, -0.2) is 0 Å². The van der Waals surface area contributed by atoms with Crippen LogP contribution >= 0.6 is 15.9 Å². The van der Waals surface area contributed by atoms with Crippen molar-refractivity contribution in [3.8, 4) is 0 Å². The Morgan fingerprint density at radius 2 is 1.86 bits per heavy atom. The Morgan fingerprint density at radius 1 is 1.29 bits per heavy atom. The molecule has 0 radical (unpaired) electrons. The summed E-state index contributed by atoms with van der Waals surface area (Å²) in [4.78, 5) is 11.5. The number of carbonyl (C=O) groups is 1. The third-order valence-corrected chi connectivity index (χ3v) is 2.91. The van der Waals surface area contributed by atoms with Gasteiger partial charge in [0, 0.05) is 5.92 Å². The fourth-order valence-electron chi connectivity index (χ4n) is 1.28. The van der Waals surface area contributed by atoms with Crippen molar-refractivity contribution in [3.63, 3.8) is 0 Å². The first kappa shape index (κ1) is 11.4. The number of Topliss-reactive ketones (excluding diaryl/α,β-unsaturated/α-hetero) is 1. The normalized spacial score (nSPS) is 12.9. The molecule has 0 amide bonds. The number of carbonyl (C=O) groups excluding carboxylic acids is 1. The fraction of sp³-hybridized carbons (Fsp3) is 0.417. The van der Waals surface area contributed by atoms with E-state index in [4.69, 9.17) is 0 Å². The van der Waals surface area contributed by atoms with Crippen molar-refractivity contribution in [2.45, 2.75) is 25.1 Å². The van der Waals surface area contributed by atoms with Gasteiger partial charge in [-0.3, -0.25) is 4.79 Å². The summed E-state index contributed by atoms with van der Waals surface area (Å²) in [5, 5.41) is 0. The van der Waals surface area contributed by atoms with Gasteiger partial charge in [-0.05, 0) is 12.0 Å². The summed E-state index contributed by atoms with van der Waals surface area (Å²) in [7, 11) is 0. The Balaban J connectivity index is 2.57. The van der Waals surface area contributed by atoms with Gasteiger partial charge >= 0.3 is 0 Å². The maximum Gasteiger partial charge on any atom is 0.149 e. The first-order chi connectivity index (χ1) is 6.61. The first-order valence-electron chi connectivity index (χ1n) is 4.83. The van der Waals surface area contributed by atoms with Crippen LogP contribution in [0.15, 0.2) is 30.3 Å². The molecule has 0 aliphatic carbocycles. The van der Waals surface area contributed by atoms with Gasteiger partial charge in [0.15, 0.2) is 0 Å². The summed E-state index contributed by atoms with van der Waals surface area (Å²) in [5.41, 5.74) is 1.20. The van der Waals surface area contributed by atoms with Gasteiger partial charge in [0.2, 0.25) is 0 Å². The smallest absolute Gasteiger partial charge is 0.149 e. The summed E-state index contributed by atoms with van der Waals surface area (Å²) in [6.45, 7) is 3.86. The molecule has 0 N–H and O–H groups in total. The maximum absolute atomic E-state index is 11.6. The quantitative estimate of drug-likeness (QED) is 0.755. The Morgan fingerprint density at radius 3 is 2.36 bits per heavy atom. The molecule has 14 heavy (non-hydrogen) atoms. The Hall–Kier alpha value is -0.630. The highest BCUT2D eigenvalue weighted by atomic mass is 79.9. The van der Waals surface area contributed by atoms with Gasteiger partial charge in [0.1, 0.15) is 5.78 Å². The molecule has 1 aromatic carbocycles. The lowest BCUT2D eigenvalue weighted by Crippen LogP contribution is -2.21. The lowest BCUT2D eigenvalue weighted by molar-refractivity contribution is -0.121. The molecule has 1 aromatic rings. The summed E-state index contributed by atoms with van der Waals surface area (Å²) in [6, 6.07) is 10.1. The molecule has 1 rings (SSSR count). The van der Waals surface area contributed by atoms with E-state index >= 15 is 0 Å². The van der Waals surface area contributed by atoms with Crippen LogP contribution in [0.3, 0.4) is 0 Å². The van der Waals surface area contributed by atoms with E-state index in [2.05, 4.69) is 15.9 Å². The van der Waals surface area contributed by atoms with E-state index in [0.29, 0.717) is 0 Å². The molecule has 0 heterocycles. The van der Waals surface area contributed by atoms with Crippen LogP contribution in [0.25, 0.3) is 0 Å². The Bertz CT molecular complexity index is 292. The molecule has 0 aliphatic heterocycles. The summed E-state index contributed by atoms with van der Waals surface area (Å²) < 4.78 is 0. The molecular formula is C12H15BrO. The zero-order chi connectivity index (χ0) is 10.6. The van der Waals surface area contributed by atoms with E-state index in [1.54, 1.807) is 0 Å². The van der Waals surface area contributed by atoms with Crippen molar-refractivity contribution in [2.24, 2.45) is 5.92 Å². The van der Waals surface area contributed by atoms with Gasteiger partial charge < -0.3 is 0 Å². The third-order valence-electron chi connectivity index (χ3n) is 2.14. The van der Waals surface area contributed by atoms with Crippen LogP contribution in [0.4, 0.5) is 0 Å². The highest BCUT2D eigenvalue weighted by Crippen LogP contribution is 2.14. The van der Waals surface area contributed by atoms with E-state index in [9.17, 15) is 4.79 Å². The molecule has 0 unspecified atom stereocenters. The van der Waals surface area contributed by atoms with E-state index < -0.39 is 0 Å². The fourth-order valence-corrected chi connectivity index (χ4v) is 2.19. The monoisotopic (exact) mass is 254 g/mol. The zero-order valence-electron chi connectivity index (χ0n) is 8.53. The lowest BCUT2D eigenvalue weighted by Gasteiger charge is -2.11. The molecule has 2 heteroatoms. The number of alkyl halides is 1. The minimum Gasteiger partial charge on any atom is -0.298 e. The van der Waals surface area contributed by atoms with E-state index in [1.165, 1.54) is 5.56 Å². The molecule has 0 bridgehead atoms. The van der Waals surface area contributed by atoms with Crippen molar-refractivity contribution >= 4 is 21.7 Å². The zero-order valence-corrected chi connectivity index (χ0v) is 10.1. The number of rotatable bonds is 4. The van der Waals surface area contributed by atoms with Crippen LogP contribution in [0, 0.1) is 5.92 Å². The van der Waals surface area contributed by atoms with Crippen molar-refractivity contribution in [1.82, 2.24) is 0 Å². The van der Waals surface area contributed by atoms with Crippen LogP contribution in [-0.2, 0) is 11.2 Å². The average molecular weight is 255 g/mol. The number of hydrogen-bond acceptors (Lipinski definition) is 1. The SMILES string of the molecule is CC(C)C(=O)[C@H](Br)Cc1ccccc1. The second-order valence-electron chi connectivity index (χ2n) is 3.71. The molecule has 76 valence electrons. The Kier molecular flexibility index (Phi) is 4.33. The number of hydrogen-bond donors (Lipinski definition) is 0.